The molecule has 1 aliphatic carbocycles. The molecule has 6 heteroatoms. The van der Waals surface area contributed by atoms with Crippen LogP contribution in [0.2, 0.25) is 0 Å². The summed E-state index contributed by atoms with van der Waals surface area (Å²) < 4.78 is 29.7. The van der Waals surface area contributed by atoms with E-state index in [1.54, 1.807) is 6.92 Å². The number of benzene rings is 1. The van der Waals surface area contributed by atoms with E-state index in [2.05, 4.69) is 0 Å². The first kappa shape index (κ1) is 17.0. The van der Waals surface area contributed by atoms with Gasteiger partial charge in [-0.25, -0.2) is 8.42 Å². The maximum Gasteiger partial charge on any atom is 0.314 e. The van der Waals surface area contributed by atoms with E-state index in [9.17, 15) is 18.3 Å². The van der Waals surface area contributed by atoms with Crippen molar-refractivity contribution in [2.24, 2.45) is 5.41 Å². The van der Waals surface area contributed by atoms with Gasteiger partial charge in [0.25, 0.3) is 0 Å². The van der Waals surface area contributed by atoms with Crippen molar-refractivity contribution in [1.82, 2.24) is 0 Å². The average molecular weight is 326 g/mol. The lowest BCUT2D eigenvalue weighted by molar-refractivity contribution is -0.145. The molecule has 0 saturated heterocycles. The van der Waals surface area contributed by atoms with E-state index in [4.69, 9.17) is 4.74 Å². The number of ether oxygens (including phenoxy) is 1. The van der Waals surface area contributed by atoms with Crippen LogP contribution in [-0.2, 0) is 25.8 Å². The Bertz CT molecular complexity index is 650. The molecule has 1 saturated carbocycles. The maximum absolute atomic E-state index is 12.3. The molecule has 0 radical (unpaired) electrons. The molecule has 3 atom stereocenters. The molecule has 0 heterocycles. The van der Waals surface area contributed by atoms with Crippen molar-refractivity contribution >= 4 is 15.8 Å². The van der Waals surface area contributed by atoms with E-state index in [0.29, 0.717) is 0 Å². The van der Waals surface area contributed by atoms with Crippen molar-refractivity contribution in [2.45, 2.75) is 31.4 Å². The third-order valence-corrected chi connectivity index (χ3v) is 6.85. The zero-order valence-corrected chi connectivity index (χ0v) is 13.9. The minimum atomic E-state index is -3.47. The molecule has 0 unspecified atom stereocenters. The summed E-state index contributed by atoms with van der Waals surface area (Å²) in [6.45, 7) is 3.47. The fourth-order valence-corrected chi connectivity index (χ4v) is 5.32. The normalized spacial score (nSPS) is 27.6. The zero-order chi connectivity index (χ0) is 16.5. The molecule has 22 heavy (non-hydrogen) atoms. The van der Waals surface area contributed by atoms with Crippen LogP contribution in [0.15, 0.2) is 24.3 Å². The second kappa shape index (κ2) is 6.01. The zero-order valence-electron chi connectivity index (χ0n) is 13.1. The summed E-state index contributed by atoms with van der Waals surface area (Å²) in [5.41, 5.74) is 0.503. The smallest absolute Gasteiger partial charge is 0.314 e. The van der Waals surface area contributed by atoms with Crippen LogP contribution < -0.4 is 0 Å². The second-order valence-electron chi connectivity index (χ2n) is 5.72. The molecule has 0 bridgehead atoms. The number of rotatable bonds is 7. The number of hydrogen-bond acceptors (Lipinski definition) is 4. The Morgan fingerprint density at radius 1 is 1.27 bits per heavy atom. The first-order valence-corrected chi connectivity index (χ1v) is 9.09. The van der Waals surface area contributed by atoms with Gasteiger partial charge in [0.2, 0.25) is 0 Å². The predicted octanol–water partition coefficient (Wildman–Crippen LogP) is 1.87. The molecule has 122 valence electrons. The molecule has 2 rings (SSSR count). The van der Waals surface area contributed by atoms with E-state index < -0.39 is 32.4 Å². The number of hydrogen-bond donors (Lipinski definition) is 1. The van der Waals surface area contributed by atoms with Crippen LogP contribution in [0, 0.1) is 5.41 Å². The predicted molar refractivity (Wildman–Crippen MR) is 83.8 cm³/mol. The van der Waals surface area contributed by atoms with Crippen LogP contribution in [0.1, 0.15) is 30.9 Å². The highest BCUT2D eigenvalue weighted by molar-refractivity contribution is 7.92. The molecule has 1 fully saturated rings. The minimum absolute atomic E-state index is 0.0695. The fourth-order valence-electron chi connectivity index (χ4n) is 3.27. The Labute approximate surface area is 131 Å². The Hall–Kier alpha value is -1.40. The van der Waals surface area contributed by atoms with Crippen LogP contribution >= 0.6 is 0 Å². The molecular formula is C16H22O5S. The first-order valence-electron chi connectivity index (χ1n) is 7.37. The first-order chi connectivity index (χ1) is 10.3. The lowest BCUT2D eigenvalue weighted by Gasteiger charge is -2.11. The van der Waals surface area contributed by atoms with E-state index in [1.807, 2.05) is 31.2 Å². The number of aryl methyl sites for hydroxylation is 1. The van der Waals surface area contributed by atoms with Gasteiger partial charge in [0, 0.05) is 18.8 Å². The summed E-state index contributed by atoms with van der Waals surface area (Å²) in [5.74, 6) is -1.73. The quantitative estimate of drug-likeness (QED) is 0.827. The number of carboxylic acids is 1. The monoisotopic (exact) mass is 326 g/mol. The topological polar surface area (TPSA) is 80.7 Å². The number of sulfone groups is 1. The second-order valence-corrected chi connectivity index (χ2v) is 8.13. The molecule has 0 aromatic heterocycles. The van der Waals surface area contributed by atoms with Gasteiger partial charge in [0.15, 0.2) is 9.84 Å². The summed E-state index contributed by atoms with van der Waals surface area (Å²) in [5, 5.41) is 8.73. The van der Waals surface area contributed by atoms with Gasteiger partial charge in [-0.3, -0.25) is 4.79 Å². The maximum atomic E-state index is 12.3. The summed E-state index contributed by atoms with van der Waals surface area (Å²) in [4.78, 5) is 11.8. The van der Waals surface area contributed by atoms with Crippen molar-refractivity contribution < 1.29 is 23.1 Å². The highest BCUT2D eigenvalue weighted by atomic mass is 32.2. The summed E-state index contributed by atoms with van der Waals surface area (Å²) in [6.07, 6.45) is 0.879. The largest absolute Gasteiger partial charge is 0.481 e. The SMILES string of the molecule is CCc1ccc([C@@H]2[C@@H](S(=O)(=O)CC)[C@]2(COC)C(=O)O)cc1. The van der Waals surface area contributed by atoms with Gasteiger partial charge in [-0.2, -0.15) is 0 Å². The van der Waals surface area contributed by atoms with Crippen LogP contribution in [-0.4, -0.2) is 44.2 Å². The number of methoxy groups -OCH3 is 1. The molecule has 1 aliphatic rings. The molecule has 0 amide bonds. The molecule has 1 aromatic carbocycles. The standard InChI is InChI=1S/C16H22O5S/c1-4-11-6-8-12(9-7-11)13-14(22(19,20)5-2)16(13,10-21-3)15(17)18/h6-9,13-14H,4-5,10H2,1-3H3,(H,17,18)/t13-,14-,16-/m1/s1. The average Bonchev–Trinajstić information content (AvgIpc) is 3.19. The van der Waals surface area contributed by atoms with Gasteiger partial charge in [-0.1, -0.05) is 38.1 Å². The van der Waals surface area contributed by atoms with Gasteiger partial charge in [-0.15, -0.1) is 0 Å². The molecule has 0 spiro atoms. The van der Waals surface area contributed by atoms with Crippen LogP contribution in [0.25, 0.3) is 0 Å². The number of aliphatic carboxylic acids is 1. The third kappa shape index (κ3) is 2.54. The Balaban J connectivity index is 2.48. The van der Waals surface area contributed by atoms with Crippen LogP contribution in [0.4, 0.5) is 0 Å². The highest BCUT2D eigenvalue weighted by Gasteiger charge is 2.75. The minimum Gasteiger partial charge on any atom is -0.481 e. The van der Waals surface area contributed by atoms with E-state index in [-0.39, 0.29) is 12.4 Å². The molecular weight excluding hydrogens is 304 g/mol. The Morgan fingerprint density at radius 3 is 2.27 bits per heavy atom. The van der Waals surface area contributed by atoms with Gasteiger partial charge in [0.05, 0.1) is 11.9 Å². The molecule has 5 nitrogen and oxygen atoms in total. The van der Waals surface area contributed by atoms with Gasteiger partial charge >= 0.3 is 5.97 Å². The number of carbonyl (C=O) groups is 1. The van der Waals surface area contributed by atoms with E-state index in [1.165, 1.54) is 7.11 Å². The van der Waals surface area contributed by atoms with Gasteiger partial charge < -0.3 is 9.84 Å². The van der Waals surface area contributed by atoms with Crippen molar-refractivity contribution in [1.29, 1.82) is 0 Å². The van der Waals surface area contributed by atoms with Crippen LogP contribution in [0.3, 0.4) is 0 Å². The van der Waals surface area contributed by atoms with Crippen LogP contribution in [0.5, 0.6) is 0 Å². The Kier molecular flexibility index (Phi) is 4.63. The molecule has 1 aromatic rings. The van der Waals surface area contributed by atoms with Crippen molar-refractivity contribution in [2.75, 3.05) is 19.5 Å². The van der Waals surface area contributed by atoms with Crippen molar-refractivity contribution in [3.05, 3.63) is 35.4 Å². The lowest BCUT2D eigenvalue weighted by atomic mass is 9.99. The van der Waals surface area contributed by atoms with E-state index >= 15 is 0 Å². The summed E-state index contributed by atoms with van der Waals surface area (Å²) in [7, 11) is -2.07. The van der Waals surface area contributed by atoms with Gasteiger partial charge in [-0.05, 0) is 17.5 Å². The third-order valence-electron chi connectivity index (χ3n) is 4.57. The van der Waals surface area contributed by atoms with Crippen molar-refractivity contribution in [3.63, 3.8) is 0 Å². The molecule has 1 N–H and O–H groups in total. The Morgan fingerprint density at radius 2 is 1.86 bits per heavy atom. The fraction of sp³-hybridized carbons (Fsp3) is 0.562. The van der Waals surface area contributed by atoms with E-state index in [0.717, 1.165) is 17.5 Å². The highest BCUT2D eigenvalue weighted by Crippen LogP contribution is 2.63. The molecule has 0 aliphatic heterocycles. The van der Waals surface area contributed by atoms with Crippen molar-refractivity contribution in [3.8, 4) is 0 Å². The number of carboxylic acid groups (broad SMARTS) is 1. The lowest BCUT2D eigenvalue weighted by Crippen LogP contribution is -2.29. The summed E-state index contributed by atoms with van der Waals surface area (Å²) >= 11 is 0. The summed E-state index contributed by atoms with van der Waals surface area (Å²) in [6, 6.07) is 7.51. The van der Waals surface area contributed by atoms with Gasteiger partial charge in [0.1, 0.15) is 5.41 Å².